The van der Waals surface area contributed by atoms with E-state index in [0.717, 1.165) is 26.9 Å². The van der Waals surface area contributed by atoms with Crippen molar-refractivity contribution in [2.75, 3.05) is 16.8 Å². The molecule has 1 saturated heterocycles. The number of aryl methyl sites for hydroxylation is 1. The zero-order chi connectivity index (χ0) is 17.1. The van der Waals surface area contributed by atoms with Gasteiger partial charge in [0.15, 0.2) is 0 Å². The van der Waals surface area contributed by atoms with Gasteiger partial charge in [0.2, 0.25) is 11.8 Å². The lowest BCUT2D eigenvalue weighted by Gasteiger charge is -2.20. The third-order valence-corrected chi connectivity index (χ3v) is 4.99. The third kappa shape index (κ3) is 3.61. The Bertz CT molecular complexity index is 758. The van der Waals surface area contributed by atoms with Crippen molar-refractivity contribution in [1.29, 1.82) is 0 Å². The van der Waals surface area contributed by atoms with Crippen molar-refractivity contribution in [2.45, 2.75) is 19.8 Å². The van der Waals surface area contributed by atoms with E-state index < -0.39 is 0 Å². The lowest BCUT2D eigenvalue weighted by atomic mass is 10.1. The summed E-state index contributed by atoms with van der Waals surface area (Å²) in [5.74, 6) is -0.401. The molecule has 1 aliphatic rings. The Labute approximate surface area is 155 Å². The summed E-state index contributed by atoms with van der Waals surface area (Å²) < 4.78 is 1.11. The molecule has 1 aliphatic heterocycles. The first-order valence-electron chi connectivity index (χ1n) is 8.03. The highest BCUT2D eigenvalue weighted by molar-refractivity contribution is 14.1. The van der Waals surface area contributed by atoms with Gasteiger partial charge in [0.1, 0.15) is 0 Å². The Balaban J connectivity index is 1.72. The summed E-state index contributed by atoms with van der Waals surface area (Å²) in [4.78, 5) is 26.6. The van der Waals surface area contributed by atoms with E-state index >= 15 is 0 Å². The number of amides is 2. The fourth-order valence-corrected chi connectivity index (χ4v) is 3.33. The summed E-state index contributed by atoms with van der Waals surface area (Å²) in [6.45, 7) is 2.51. The van der Waals surface area contributed by atoms with E-state index in [2.05, 4.69) is 34.8 Å². The third-order valence-electron chi connectivity index (χ3n) is 4.27. The molecular formula is C19H19IN2O2. The average molecular weight is 434 g/mol. The van der Waals surface area contributed by atoms with Crippen LogP contribution in [0.4, 0.5) is 11.4 Å². The minimum absolute atomic E-state index is 0.0126. The minimum atomic E-state index is -0.318. The number of carbonyl (C=O) groups excluding carboxylic acids is 2. The number of para-hydroxylation sites is 1. The number of benzene rings is 2. The molecule has 0 radical (unpaired) electrons. The molecule has 0 bridgehead atoms. The summed E-state index contributed by atoms with van der Waals surface area (Å²) in [5.41, 5.74) is 2.82. The molecular weight excluding hydrogens is 415 g/mol. The van der Waals surface area contributed by atoms with E-state index in [9.17, 15) is 9.59 Å². The molecule has 0 spiro atoms. The van der Waals surface area contributed by atoms with E-state index in [1.165, 1.54) is 0 Å². The molecule has 0 saturated carbocycles. The Morgan fingerprint density at radius 3 is 2.62 bits per heavy atom. The lowest BCUT2D eigenvalue weighted by Crippen LogP contribution is -2.28. The summed E-state index contributed by atoms with van der Waals surface area (Å²) in [7, 11) is 0. The second kappa shape index (κ2) is 7.34. The molecule has 2 aromatic rings. The van der Waals surface area contributed by atoms with Crippen molar-refractivity contribution < 1.29 is 9.59 Å². The Kier molecular flexibility index (Phi) is 5.18. The number of hydrogen-bond donors (Lipinski definition) is 1. The van der Waals surface area contributed by atoms with Gasteiger partial charge in [-0.25, -0.2) is 0 Å². The summed E-state index contributed by atoms with van der Waals surface area (Å²) >= 11 is 2.22. The quantitative estimate of drug-likeness (QED) is 0.744. The predicted molar refractivity (Wildman–Crippen MR) is 104 cm³/mol. The van der Waals surface area contributed by atoms with E-state index in [1.54, 1.807) is 4.90 Å². The van der Waals surface area contributed by atoms with Crippen LogP contribution in [0, 0.1) is 9.49 Å². The molecule has 1 atom stereocenters. The second-order valence-corrected chi connectivity index (χ2v) is 7.13. The number of nitrogens with one attached hydrogen (secondary N) is 1. The predicted octanol–water partition coefficient (Wildman–Crippen LogP) is 3.85. The maximum atomic E-state index is 12.5. The van der Waals surface area contributed by atoms with E-state index in [0.29, 0.717) is 6.54 Å². The Hall–Kier alpha value is -1.89. The molecule has 124 valence electrons. The van der Waals surface area contributed by atoms with Gasteiger partial charge >= 0.3 is 0 Å². The highest BCUT2D eigenvalue weighted by Gasteiger charge is 2.35. The highest BCUT2D eigenvalue weighted by atomic mass is 127. The van der Waals surface area contributed by atoms with Gasteiger partial charge in [-0.15, -0.1) is 0 Å². The van der Waals surface area contributed by atoms with Crippen LogP contribution in [0.3, 0.4) is 0 Å². The average Bonchev–Trinajstić information content (AvgIpc) is 2.98. The summed E-state index contributed by atoms with van der Waals surface area (Å²) in [6.07, 6.45) is 1.12. The number of carbonyl (C=O) groups is 2. The van der Waals surface area contributed by atoms with Crippen LogP contribution in [0.2, 0.25) is 0 Å². The first-order chi connectivity index (χ1) is 11.6. The molecule has 24 heavy (non-hydrogen) atoms. The Morgan fingerprint density at radius 2 is 1.92 bits per heavy atom. The van der Waals surface area contributed by atoms with Gasteiger partial charge in [-0.05, 0) is 64.9 Å². The number of hydrogen-bond acceptors (Lipinski definition) is 2. The minimum Gasteiger partial charge on any atom is -0.326 e. The van der Waals surface area contributed by atoms with Gasteiger partial charge in [-0.1, -0.05) is 25.1 Å². The molecule has 4 nitrogen and oxygen atoms in total. The standard InChI is InChI=1S/C19H19IN2O2/c1-2-13-5-3-4-6-17(13)22-12-14(11-18(22)23)19(24)21-16-9-7-15(20)8-10-16/h3-10,14H,2,11-12H2,1H3,(H,21,24). The molecule has 1 fully saturated rings. The normalized spacial score (nSPS) is 17.2. The molecule has 1 unspecified atom stereocenters. The van der Waals surface area contributed by atoms with Crippen LogP contribution in [0.1, 0.15) is 18.9 Å². The first kappa shape index (κ1) is 17.0. The number of rotatable bonds is 4. The maximum absolute atomic E-state index is 12.5. The first-order valence-corrected chi connectivity index (χ1v) is 9.11. The SMILES string of the molecule is CCc1ccccc1N1CC(C(=O)Nc2ccc(I)cc2)CC1=O. The van der Waals surface area contributed by atoms with Crippen LogP contribution in [-0.4, -0.2) is 18.4 Å². The molecule has 1 N–H and O–H groups in total. The van der Waals surface area contributed by atoms with Gasteiger partial charge < -0.3 is 10.2 Å². The van der Waals surface area contributed by atoms with Gasteiger partial charge in [-0.2, -0.15) is 0 Å². The topological polar surface area (TPSA) is 49.4 Å². The van der Waals surface area contributed by atoms with Crippen molar-refractivity contribution in [2.24, 2.45) is 5.92 Å². The fourth-order valence-electron chi connectivity index (χ4n) is 2.97. The van der Waals surface area contributed by atoms with Crippen LogP contribution >= 0.6 is 22.6 Å². The van der Waals surface area contributed by atoms with Crippen LogP contribution < -0.4 is 10.2 Å². The van der Waals surface area contributed by atoms with Crippen LogP contribution in [-0.2, 0) is 16.0 Å². The van der Waals surface area contributed by atoms with Crippen LogP contribution in [0.15, 0.2) is 48.5 Å². The van der Waals surface area contributed by atoms with Crippen molar-refractivity contribution in [3.8, 4) is 0 Å². The smallest absolute Gasteiger partial charge is 0.229 e. The fraction of sp³-hybridized carbons (Fsp3) is 0.263. The van der Waals surface area contributed by atoms with Crippen molar-refractivity contribution in [3.05, 3.63) is 57.7 Å². The number of nitrogens with zero attached hydrogens (tertiary/aromatic N) is 1. The van der Waals surface area contributed by atoms with E-state index in [4.69, 9.17) is 0 Å². The zero-order valence-electron chi connectivity index (χ0n) is 13.5. The van der Waals surface area contributed by atoms with Crippen LogP contribution in [0.5, 0.6) is 0 Å². The molecule has 0 aliphatic carbocycles. The van der Waals surface area contributed by atoms with Gasteiger partial charge in [0.05, 0.1) is 5.92 Å². The van der Waals surface area contributed by atoms with Crippen molar-refractivity contribution >= 4 is 45.8 Å². The second-order valence-electron chi connectivity index (χ2n) is 5.88. The highest BCUT2D eigenvalue weighted by Crippen LogP contribution is 2.29. The summed E-state index contributed by atoms with van der Waals surface area (Å²) in [6, 6.07) is 15.5. The molecule has 5 heteroatoms. The number of halogens is 1. The van der Waals surface area contributed by atoms with Gasteiger partial charge in [-0.3, -0.25) is 9.59 Å². The van der Waals surface area contributed by atoms with Gasteiger partial charge in [0, 0.05) is 27.9 Å². The lowest BCUT2D eigenvalue weighted by molar-refractivity contribution is -0.122. The van der Waals surface area contributed by atoms with Crippen molar-refractivity contribution in [3.63, 3.8) is 0 Å². The summed E-state index contributed by atoms with van der Waals surface area (Å²) in [5, 5.41) is 2.91. The maximum Gasteiger partial charge on any atom is 0.229 e. The largest absolute Gasteiger partial charge is 0.326 e. The molecule has 2 amide bonds. The Morgan fingerprint density at radius 1 is 1.21 bits per heavy atom. The van der Waals surface area contributed by atoms with E-state index in [1.807, 2.05) is 48.5 Å². The molecule has 1 heterocycles. The molecule has 3 rings (SSSR count). The molecule has 0 aromatic heterocycles. The van der Waals surface area contributed by atoms with Crippen molar-refractivity contribution in [1.82, 2.24) is 0 Å². The zero-order valence-corrected chi connectivity index (χ0v) is 15.6. The van der Waals surface area contributed by atoms with E-state index in [-0.39, 0.29) is 24.2 Å². The number of anilines is 2. The molecule has 2 aromatic carbocycles. The monoisotopic (exact) mass is 434 g/mol. The van der Waals surface area contributed by atoms with Gasteiger partial charge in [0.25, 0.3) is 0 Å². The van der Waals surface area contributed by atoms with Crippen LogP contribution in [0.25, 0.3) is 0 Å².